The van der Waals surface area contributed by atoms with Gasteiger partial charge in [-0.3, -0.25) is 4.98 Å². The van der Waals surface area contributed by atoms with Gasteiger partial charge >= 0.3 is 6.18 Å². The number of aryl methyl sites for hydroxylation is 1. The maximum Gasteiger partial charge on any atom is 0.420 e. The molecule has 4 rings (SSSR count). The van der Waals surface area contributed by atoms with Gasteiger partial charge in [-0.2, -0.15) is 13.2 Å². The van der Waals surface area contributed by atoms with Crippen LogP contribution in [0, 0.1) is 12.7 Å². The average Bonchev–Trinajstić information content (AvgIpc) is 3.48. The van der Waals surface area contributed by atoms with Gasteiger partial charge in [-0.05, 0) is 42.3 Å². The summed E-state index contributed by atoms with van der Waals surface area (Å²) in [6.45, 7) is 1.01. The number of hydrogen-bond donors (Lipinski definition) is 1. The fourth-order valence-electron chi connectivity index (χ4n) is 3.79. The van der Waals surface area contributed by atoms with Crippen molar-refractivity contribution < 1.29 is 27.0 Å². The zero-order valence-electron chi connectivity index (χ0n) is 16.0. The highest BCUT2D eigenvalue weighted by Gasteiger charge is 2.71. The van der Waals surface area contributed by atoms with E-state index in [1.54, 1.807) is 31.2 Å². The maximum absolute atomic E-state index is 14.6. The Bertz CT molecular complexity index is 1150. The summed E-state index contributed by atoms with van der Waals surface area (Å²) in [4.78, 5) is 4.43. The van der Waals surface area contributed by atoms with Crippen molar-refractivity contribution in [3.05, 3.63) is 64.1 Å². The zero-order chi connectivity index (χ0) is 21.8. The molecule has 2 atom stereocenters. The predicted molar refractivity (Wildman–Crippen MR) is 105 cm³/mol. The first-order chi connectivity index (χ1) is 14.1. The molecule has 9 heteroatoms. The first kappa shape index (κ1) is 20.7. The van der Waals surface area contributed by atoms with Crippen LogP contribution in [-0.2, 0) is 4.74 Å². The quantitative estimate of drug-likeness (QED) is 0.336. The van der Waals surface area contributed by atoms with Gasteiger partial charge in [0.2, 0.25) is 0 Å². The molecule has 0 radical (unpaired) electrons. The summed E-state index contributed by atoms with van der Waals surface area (Å²) in [7, 11) is 1.24. The molecule has 1 aromatic heterocycles. The smallest absolute Gasteiger partial charge is 0.420 e. The minimum atomic E-state index is -4.72. The van der Waals surface area contributed by atoms with Crippen LogP contribution in [-0.4, -0.2) is 30.5 Å². The predicted octanol–water partition coefficient (Wildman–Crippen LogP) is 5.39. The van der Waals surface area contributed by atoms with Crippen molar-refractivity contribution in [1.82, 2.24) is 4.98 Å². The SMILES string of the molecule is COc1ccc(C(c2cc3c(N)cccc3nc2C)C2(C(F)(F)F)CO2)c(Cl)c1F. The average molecular weight is 441 g/mol. The summed E-state index contributed by atoms with van der Waals surface area (Å²) in [6, 6.07) is 9.16. The second-order valence-electron chi connectivity index (χ2n) is 7.17. The molecule has 0 saturated carbocycles. The van der Waals surface area contributed by atoms with Crippen LogP contribution in [0.3, 0.4) is 0 Å². The summed E-state index contributed by atoms with van der Waals surface area (Å²) in [5.41, 5.74) is 4.87. The molecule has 2 unspecified atom stereocenters. The Hall–Kier alpha value is -2.58. The summed E-state index contributed by atoms with van der Waals surface area (Å²) in [5.74, 6) is -2.55. The molecule has 0 amide bonds. The number of alkyl halides is 3. The number of nitrogen functional groups attached to an aromatic ring is 1. The Morgan fingerprint density at radius 3 is 2.53 bits per heavy atom. The van der Waals surface area contributed by atoms with E-state index in [0.717, 1.165) is 0 Å². The molecule has 0 aliphatic carbocycles. The van der Waals surface area contributed by atoms with Crippen LogP contribution in [0.2, 0.25) is 5.02 Å². The van der Waals surface area contributed by atoms with Gasteiger partial charge in [0.25, 0.3) is 0 Å². The summed E-state index contributed by atoms with van der Waals surface area (Å²) in [6.07, 6.45) is -4.72. The molecule has 2 N–H and O–H groups in total. The monoisotopic (exact) mass is 440 g/mol. The lowest BCUT2D eigenvalue weighted by Gasteiger charge is -2.29. The summed E-state index contributed by atoms with van der Waals surface area (Å²) in [5, 5.41) is 0.0326. The van der Waals surface area contributed by atoms with Crippen molar-refractivity contribution >= 4 is 28.2 Å². The fraction of sp³-hybridized carbons (Fsp3) is 0.286. The third kappa shape index (κ3) is 3.06. The topological polar surface area (TPSA) is 60.7 Å². The van der Waals surface area contributed by atoms with Gasteiger partial charge in [-0.25, -0.2) is 4.39 Å². The number of aromatic nitrogens is 1. The van der Waals surface area contributed by atoms with Crippen molar-refractivity contribution in [2.75, 3.05) is 19.5 Å². The molecule has 1 aliphatic heterocycles. The van der Waals surface area contributed by atoms with Gasteiger partial charge in [0, 0.05) is 16.8 Å². The highest BCUT2D eigenvalue weighted by atomic mass is 35.5. The van der Waals surface area contributed by atoms with Gasteiger partial charge < -0.3 is 15.2 Å². The second kappa shape index (κ2) is 6.99. The molecular formula is C21H17ClF4N2O2. The number of hydrogen-bond acceptors (Lipinski definition) is 4. The third-order valence-corrected chi connectivity index (χ3v) is 5.83. The largest absolute Gasteiger partial charge is 0.494 e. The molecule has 158 valence electrons. The number of rotatable bonds is 4. The van der Waals surface area contributed by atoms with Gasteiger partial charge in [0.15, 0.2) is 17.2 Å². The summed E-state index contributed by atoms with van der Waals surface area (Å²) >= 11 is 6.18. The first-order valence-corrected chi connectivity index (χ1v) is 9.37. The number of methoxy groups -OCH3 is 1. The lowest BCUT2D eigenvalue weighted by atomic mass is 9.79. The van der Waals surface area contributed by atoms with Crippen LogP contribution < -0.4 is 10.5 Å². The van der Waals surface area contributed by atoms with Crippen LogP contribution in [0.4, 0.5) is 23.2 Å². The fourth-order valence-corrected chi connectivity index (χ4v) is 4.06. The number of nitrogens with two attached hydrogens (primary N) is 1. The van der Waals surface area contributed by atoms with E-state index < -0.39 is 35.1 Å². The maximum atomic E-state index is 14.6. The van der Waals surface area contributed by atoms with E-state index in [0.29, 0.717) is 22.3 Å². The van der Waals surface area contributed by atoms with Crippen molar-refractivity contribution in [1.29, 1.82) is 0 Å². The Morgan fingerprint density at radius 1 is 1.23 bits per heavy atom. The molecule has 30 heavy (non-hydrogen) atoms. The van der Waals surface area contributed by atoms with Gasteiger partial charge in [0.05, 0.1) is 30.2 Å². The van der Waals surface area contributed by atoms with Crippen LogP contribution in [0.5, 0.6) is 5.75 Å². The number of halogens is 5. The number of pyridine rings is 1. The Kier molecular flexibility index (Phi) is 4.82. The third-order valence-electron chi connectivity index (χ3n) is 5.44. The molecule has 1 aliphatic rings. The Balaban J connectivity index is 2.02. The standard InChI is InChI=1S/C21H17ClF4N2O2/c1-10-12(8-13-14(27)4-3-5-15(13)28-10)17(20(9-30-20)21(24,25)26)11-6-7-16(29-2)19(23)18(11)22/h3-8,17H,9,27H2,1-2H3. The minimum Gasteiger partial charge on any atom is -0.494 e. The van der Waals surface area contributed by atoms with Gasteiger partial charge in [-0.15, -0.1) is 0 Å². The van der Waals surface area contributed by atoms with Gasteiger partial charge in [0.1, 0.15) is 0 Å². The first-order valence-electron chi connectivity index (χ1n) is 8.99. The molecule has 1 fully saturated rings. The van der Waals surface area contributed by atoms with Crippen molar-refractivity contribution in [2.24, 2.45) is 0 Å². The Morgan fingerprint density at radius 2 is 1.93 bits per heavy atom. The number of benzene rings is 2. The zero-order valence-corrected chi connectivity index (χ0v) is 16.7. The molecule has 1 saturated heterocycles. The highest BCUT2D eigenvalue weighted by Crippen LogP contribution is 2.57. The van der Waals surface area contributed by atoms with E-state index in [-0.39, 0.29) is 16.9 Å². The molecular weight excluding hydrogens is 424 g/mol. The number of anilines is 1. The van der Waals surface area contributed by atoms with E-state index in [1.165, 1.54) is 19.2 Å². The normalized spacial score (nSPS) is 19.7. The molecule has 2 heterocycles. The molecule has 0 bridgehead atoms. The van der Waals surface area contributed by atoms with E-state index >= 15 is 0 Å². The highest BCUT2D eigenvalue weighted by molar-refractivity contribution is 6.31. The van der Waals surface area contributed by atoms with E-state index in [2.05, 4.69) is 4.98 Å². The van der Waals surface area contributed by atoms with Crippen molar-refractivity contribution in [3.8, 4) is 5.75 Å². The van der Waals surface area contributed by atoms with Crippen molar-refractivity contribution in [3.63, 3.8) is 0 Å². The number of fused-ring (bicyclic) bond motifs is 1. The van der Waals surface area contributed by atoms with Crippen LogP contribution >= 0.6 is 11.6 Å². The number of nitrogens with zero attached hydrogens (tertiary/aromatic N) is 1. The second-order valence-corrected chi connectivity index (χ2v) is 7.55. The van der Waals surface area contributed by atoms with Crippen molar-refractivity contribution in [2.45, 2.75) is 24.6 Å². The minimum absolute atomic E-state index is 0.0662. The number of epoxide rings is 1. The molecule has 4 nitrogen and oxygen atoms in total. The number of ether oxygens (including phenoxy) is 2. The lowest BCUT2D eigenvalue weighted by molar-refractivity contribution is -0.187. The van der Waals surface area contributed by atoms with Gasteiger partial charge in [-0.1, -0.05) is 23.7 Å². The van der Waals surface area contributed by atoms with E-state index in [4.69, 9.17) is 26.8 Å². The summed E-state index contributed by atoms with van der Waals surface area (Å²) < 4.78 is 66.8. The van der Waals surface area contributed by atoms with Crippen LogP contribution in [0.1, 0.15) is 22.7 Å². The molecule has 3 aromatic rings. The van der Waals surface area contributed by atoms with E-state index in [1.807, 2.05) is 0 Å². The molecule has 0 spiro atoms. The Labute approximate surface area is 174 Å². The lowest BCUT2D eigenvalue weighted by Crippen LogP contribution is -2.40. The molecule has 2 aromatic carbocycles. The van der Waals surface area contributed by atoms with Crippen LogP contribution in [0.15, 0.2) is 36.4 Å². The van der Waals surface area contributed by atoms with Crippen LogP contribution in [0.25, 0.3) is 10.9 Å². The van der Waals surface area contributed by atoms with E-state index in [9.17, 15) is 17.6 Å².